The van der Waals surface area contributed by atoms with Crippen LogP contribution in [0.5, 0.6) is 0 Å². The molecular weight excluding hydrogens is 463 g/mol. The van der Waals surface area contributed by atoms with Crippen molar-refractivity contribution >= 4 is 11.8 Å². The first-order valence-electron chi connectivity index (χ1n) is 12.1. The number of nitrogens with zero attached hydrogens (tertiary/aromatic N) is 4. The summed E-state index contributed by atoms with van der Waals surface area (Å²) in [6.45, 7) is 4.01. The van der Waals surface area contributed by atoms with Gasteiger partial charge in [0.25, 0.3) is 5.91 Å². The molecule has 2 heterocycles. The molecule has 0 atom stereocenters. The highest BCUT2D eigenvalue weighted by atomic mass is 19.1. The summed E-state index contributed by atoms with van der Waals surface area (Å²) in [6, 6.07) is 8.37. The number of benzene rings is 1. The molecule has 0 radical (unpaired) electrons. The smallest absolute Gasteiger partial charge is 0.270 e. The SMILES string of the molecule is Cc1cc(-c2ncn(C[C@H]3CC[C@H](NC(=O)CO)CC3)n2)cc(C(=O)NCc2ccc(F)c(C)c2)n1. The van der Waals surface area contributed by atoms with Gasteiger partial charge in [-0.1, -0.05) is 12.1 Å². The summed E-state index contributed by atoms with van der Waals surface area (Å²) >= 11 is 0. The number of pyridine rings is 1. The van der Waals surface area contributed by atoms with Crippen molar-refractivity contribution in [2.75, 3.05) is 6.61 Å². The molecule has 10 heteroatoms. The minimum absolute atomic E-state index is 0.114. The number of rotatable bonds is 8. The molecule has 3 aromatic rings. The molecule has 2 amide bonds. The van der Waals surface area contributed by atoms with Gasteiger partial charge in [0.1, 0.15) is 24.4 Å². The number of carbonyl (C=O) groups excluding carboxylic acids is 2. The van der Waals surface area contributed by atoms with Gasteiger partial charge in [0.15, 0.2) is 5.82 Å². The van der Waals surface area contributed by atoms with E-state index in [0.717, 1.165) is 37.8 Å². The number of aryl methyl sites for hydroxylation is 2. The van der Waals surface area contributed by atoms with E-state index in [1.165, 1.54) is 6.07 Å². The van der Waals surface area contributed by atoms with Crippen molar-refractivity contribution in [2.45, 2.75) is 58.7 Å². The van der Waals surface area contributed by atoms with Gasteiger partial charge in [-0.15, -0.1) is 0 Å². The van der Waals surface area contributed by atoms with Crippen molar-refractivity contribution in [2.24, 2.45) is 5.92 Å². The van der Waals surface area contributed by atoms with E-state index in [1.807, 2.05) is 17.7 Å². The molecule has 1 saturated carbocycles. The van der Waals surface area contributed by atoms with Crippen LogP contribution in [0.15, 0.2) is 36.7 Å². The molecule has 1 aliphatic carbocycles. The van der Waals surface area contributed by atoms with Crippen LogP contribution in [-0.4, -0.2) is 49.3 Å². The van der Waals surface area contributed by atoms with Gasteiger partial charge in [-0.25, -0.2) is 14.4 Å². The third-order valence-electron chi connectivity index (χ3n) is 6.46. The molecule has 0 saturated heterocycles. The second-order valence-electron chi connectivity index (χ2n) is 9.38. The fraction of sp³-hybridized carbons (Fsp3) is 0.423. The predicted octanol–water partition coefficient (Wildman–Crippen LogP) is 2.69. The Bertz CT molecular complexity index is 1240. The van der Waals surface area contributed by atoms with Crippen LogP contribution < -0.4 is 10.6 Å². The van der Waals surface area contributed by atoms with Crippen LogP contribution in [0.4, 0.5) is 4.39 Å². The molecule has 1 aromatic carbocycles. The van der Waals surface area contributed by atoms with Gasteiger partial charge in [0.2, 0.25) is 5.91 Å². The Morgan fingerprint density at radius 1 is 1.14 bits per heavy atom. The van der Waals surface area contributed by atoms with E-state index >= 15 is 0 Å². The summed E-state index contributed by atoms with van der Waals surface area (Å²) in [4.78, 5) is 32.9. The number of nitrogens with one attached hydrogen (secondary N) is 2. The number of halogens is 1. The standard InChI is InChI=1S/C26H31FN6O3/c1-16-9-19(5-8-22(16)27)12-28-26(36)23-11-20(10-17(2)30-23)25-29-15-33(32-25)13-18-3-6-21(7-4-18)31-24(35)14-34/h5,8-11,15,18,21,34H,3-4,6-7,12-14H2,1-2H3,(H,28,36)(H,31,35)/t18-,21-. The van der Waals surface area contributed by atoms with Crippen LogP contribution >= 0.6 is 0 Å². The van der Waals surface area contributed by atoms with Gasteiger partial charge >= 0.3 is 0 Å². The molecule has 3 N–H and O–H groups in total. The predicted molar refractivity (Wildman–Crippen MR) is 131 cm³/mol. The summed E-state index contributed by atoms with van der Waals surface area (Å²) in [5, 5.41) is 19.2. The lowest BCUT2D eigenvalue weighted by molar-refractivity contribution is -0.124. The van der Waals surface area contributed by atoms with Crippen LogP contribution in [0, 0.1) is 25.6 Å². The monoisotopic (exact) mass is 494 g/mol. The maximum atomic E-state index is 13.5. The Kier molecular flexibility index (Phi) is 8.04. The van der Waals surface area contributed by atoms with E-state index in [9.17, 15) is 14.0 Å². The van der Waals surface area contributed by atoms with Crippen molar-refractivity contribution in [1.82, 2.24) is 30.4 Å². The first-order chi connectivity index (χ1) is 17.3. The van der Waals surface area contributed by atoms with Crippen LogP contribution in [-0.2, 0) is 17.9 Å². The molecule has 190 valence electrons. The lowest BCUT2D eigenvalue weighted by atomic mass is 9.86. The minimum Gasteiger partial charge on any atom is -0.387 e. The van der Waals surface area contributed by atoms with Crippen LogP contribution in [0.2, 0.25) is 0 Å². The highest BCUT2D eigenvalue weighted by Gasteiger charge is 2.23. The second kappa shape index (κ2) is 11.4. The highest BCUT2D eigenvalue weighted by Crippen LogP contribution is 2.26. The maximum absolute atomic E-state index is 13.5. The Labute approximate surface area is 209 Å². The molecule has 36 heavy (non-hydrogen) atoms. The second-order valence-corrected chi connectivity index (χ2v) is 9.38. The first-order valence-corrected chi connectivity index (χ1v) is 12.1. The zero-order valence-corrected chi connectivity index (χ0v) is 20.5. The average molecular weight is 495 g/mol. The Morgan fingerprint density at radius 3 is 2.64 bits per heavy atom. The van der Waals surface area contributed by atoms with E-state index in [2.05, 4.69) is 25.7 Å². The van der Waals surface area contributed by atoms with Gasteiger partial charge in [-0.2, -0.15) is 5.10 Å². The van der Waals surface area contributed by atoms with Gasteiger partial charge in [-0.3, -0.25) is 14.3 Å². The number of hydrogen-bond acceptors (Lipinski definition) is 6. The van der Waals surface area contributed by atoms with E-state index in [0.29, 0.717) is 28.6 Å². The lowest BCUT2D eigenvalue weighted by Gasteiger charge is -2.28. The Morgan fingerprint density at radius 2 is 1.92 bits per heavy atom. The van der Waals surface area contributed by atoms with Crippen molar-refractivity contribution in [1.29, 1.82) is 0 Å². The molecule has 1 fully saturated rings. The average Bonchev–Trinajstić information content (AvgIpc) is 3.34. The number of aliphatic hydroxyl groups excluding tert-OH is 1. The normalized spacial score (nSPS) is 17.6. The van der Waals surface area contributed by atoms with E-state index in [1.54, 1.807) is 31.5 Å². The largest absolute Gasteiger partial charge is 0.387 e. The third kappa shape index (κ3) is 6.51. The molecule has 0 unspecified atom stereocenters. The fourth-order valence-corrected chi connectivity index (χ4v) is 4.55. The van der Waals surface area contributed by atoms with Gasteiger partial charge in [-0.05, 0) is 74.8 Å². The van der Waals surface area contributed by atoms with Crippen molar-refractivity contribution in [3.63, 3.8) is 0 Å². The Balaban J connectivity index is 1.36. The van der Waals surface area contributed by atoms with Gasteiger partial charge in [0, 0.05) is 30.4 Å². The van der Waals surface area contributed by atoms with Crippen molar-refractivity contribution in [3.8, 4) is 11.4 Å². The van der Waals surface area contributed by atoms with Gasteiger partial charge < -0.3 is 15.7 Å². The maximum Gasteiger partial charge on any atom is 0.270 e. The van der Waals surface area contributed by atoms with E-state index in [4.69, 9.17) is 5.11 Å². The number of aliphatic hydroxyl groups is 1. The zero-order chi connectivity index (χ0) is 25.7. The number of hydrogen-bond donors (Lipinski definition) is 3. The van der Waals surface area contributed by atoms with Crippen molar-refractivity contribution in [3.05, 3.63) is 65.0 Å². The quantitative estimate of drug-likeness (QED) is 0.443. The summed E-state index contributed by atoms with van der Waals surface area (Å²) in [6.07, 6.45) is 5.35. The third-order valence-corrected chi connectivity index (χ3v) is 6.46. The summed E-state index contributed by atoms with van der Waals surface area (Å²) in [5.74, 6) is 0.0169. The zero-order valence-electron chi connectivity index (χ0n) is 20.5. The summed E-state index contributed by atoms with van der Waals surface area (Å²) < 4.78 is 15.3. The van der Waals surface area contributed by atoms with E-state index in [-0.39, 0.29) is 35.9 Å². The first kappa shape index (κ1) is 25.4. The highest BCUT2D eigenvalue weighted by molar-refractivity contribution is 5.93. The minimum atomic E-state index is -0.479. The van der Waals surface area contributed by atoms with Crippen LogP contribution in [0.25, 0.3) is 11.4 Å². The number of aromatic nitrogens is 4. The summed E-state index contributed by atoms with van der Waals surface area (Å²) in [7, 11) is 0. The number of amides is 2. The van der Waals surface area contributed by atoms with Gasteiger partial charge in [0.05, 0.1) is 0 Å². The molecule has 9 nitrogen and oxygen atoms in total. The molecule has 0 bridgehead atoms. The molecular formula is C26H31FN6O3. The number of carbonyl (C=O) groups is 2. The van der Waals surface area contributed by atoms with Crippen molar-refractivity contribution < 1.29 is 19.1 Å². The lowest BCUT2D eigenvalue weighted by Crippen LogP contribution is -2.39. The molecule has 1 aliphatic rings. The van der Waals surface area contributed by atoms with Crippen LogP contribution in [0.3, 0.4) is 0 Å². The van der Waals surface area contributed by atoms with Crippen LogP contribution in [0.1, 0.15) is 53.0 Å². The Hall–Kier alpha value is -3.66. The topological polar surface area (TPSA) is 122 Å². The molecule has 2 aromatic heterocycles. The molecule has 0 spiro atoms. The van der Waals surface area contributed by atoms with E-state index < -0.39 is 6.61 Å². The molecule has 0 aliphatic heterocycles. The molecule has 4 rings (SSSR count). The summed E-state index contributed by atoms with van der Waals surface area (Å²) in [5.41, 5.74) is 2.99. The fourth-order valence-electron chi connectivity index (χ4n) is 4.55.